The van der Waals surface area contributed by atoms with Crippen molar-refractivity contribution < 1.29 is 4.79 Å². The summed E-state index contributed by atoms with van der Waals surface area (Å²) in [6.07, 6.45) is 6.96. The van der Waals surface area contributed by atoms with Gasteiger partial charge in [-0.15, -0.1) is 11.3 Å². The minimum atomic E-state index is -0.0457. The Labute approximate surface area is 208 Å². The molecule has 4 aromatic rings. The number of hydrogen-bond acceptors (Lipinski definition) is 5. The van der Waals surface area contributed by atoms with Gasteiger partial charge < -0.3 is 9.88 Å². The minimum Gasteiger partial charge on any atom is -0.318 e. The van der Waals surface area contributed by atoms with Crippen LogP contribution in [0.25, 0.3) is 21.9 Å². The van der Waals surface area contributed by atoms with E-state index >= 15 is 0 Å². The Bertz CT molecular complexity index is 1480. The molecule has 4 heterocycles. The molecule has 1 aliphatic heterocycles. The van der Waals surface area contributed by atoms with Crippen molar-refractivity contribution in [2.75, 3.05) is 11.9 Å². The maximum Gasteiger partial charge on any atom is 0.258 e. The molecule has 35 heavy (non-hydrogen) atoms. The number of amides is 1. The summed E-state index contributed by atoms with van der Waals surface area (Å²) in [6.45, 7) is 4.93. The van der Waals surface area contributed by atoms with Crippen LogP contribution in [0.15, 0.2) is 59.7 Å². The van der Waals surface area contributed by atoms with Gasteiger partial charge in [-0.25, -0.2) is 0 Å². The van der Waals surface area contributed by atoms with E-state index in [0.29, 0.717) is 5.92 Å². The molecule has 2 aliphatic rings. The lowest BCUT2D eigenvalue weighted by atomic mass is 9.96. The number of nitrogens with one attached hydrogen (secondary N) is 1. The molecule has 1 aromatic carbocycles. The lowest BCUT2D eigenvalue weighted by molar-refractivity contribution is -0.114. The molecular formula is C28H28N4O2S. The zero-order valence-corrected chi connectivity index (χ0v) is 20.6. The molecule has 3 aromatic heterocycles. The van der Waals surface area contributed by atoms with Crippen molar-refractivity contribution in [2.45, 2.75) is 45.8 Å². The first-order valence-corrected chi connectivity index (χ1v) is 13.0. The number of thiophene rings is 1. The molecule has 0 saturated heterocycles. The monoisotopic (exact) mass is 484 g/mol. The molecule has 1 amide bonds. The first-order valence-electron chi connectivity index (χ1n) is 12.2. The first kappa shape index (κ1) is 22.2. The van der Waals surface area contributed by atoms with E-state index in [-0.39, 0.29) is 11.5 Å². The maximum atomic E-state index is 13.8. The van der Waals surface area contributed by atoms with Gasteiger partial charge in [0, 0.05) is 73.4 Å². The lowest BCUT2D eigenvalue weighted by Crippen LogP contribution is -2.36. The van der Waals surface area contributed by atoms with Crippen molar-refractivity contribution >= 4 is 33.0 Å². The zero-order chi connectivity index (χ0) is 23.9. The van der Waals surface area contributed by atoms with Crippen molar-refractivity contribution in [2.24, 2.45) is 5.92 Å². The number of nitrogens with zero attached hydrogens (tertiary/aromatic N) is 3. The van der Waals surface area contributed by atoms with Crippen LogP contribution in [-0.2, 0) is 30.8 Å². The average molecular weight is 485 g/mol. The summed E-state index contributed by atoms with van der Waals surface area (Å²) in [7, 11) is 0. The SMILES string of the molecule is CC(=O)Nc1ccc(CN2CCc3c(cc(-c4cccc5cnccc45)c(=O)n3CC3CC3)C2)s1. The third-order valence-electron chi connectivity index (χ3n) is 7.00. The largest absolute Gasteiger partial charge is 0.318 e. The minimum absolute atomic E-state index is 0.0457. The van der Waals surface area contributed by atoms with Gasteiger partial charge in [0.15, 0.2) is 0 Å². The summed E-state index contributed by atoms with van der Waals surface area (Å²) < 4.78 is 2.08. The number of carbonyl (C=O) groups excluding carboxylic acids is 1. The van der Waals surface area contributed by atoms with Crippen LogP contribution in [0.3, 0.4) is 0 Å². The number of hydrogen-bond donors (Lipinski definition) is 1. The van der Waals surface area contributed by atoms with E-state index in [1.54, 1.807) is 17.5 Å². The predicted octanol–water partition coefficient (Wildman–Crippen LogP) is 5.05. The van der Waals surface area contributed by atoms with Gasteiger partial charge in [-0.05, 0) is 59.5 Å². The van der Waals surface area contributed by atoms with Crippen LogP contribution in [0, 0.1) is 5.92 Å². The van der Waals surface area contributed by atoms with Crippen LogP contribution in [-0.4, -0.2) is 26.9 Å². The topological polar surface area (TPSA) is 67.2 Å². The summed E-state index contributed by atoms with van der Waals surface area (Å²) >= 11 is 1.63. The van der Waals surface area contributed by atoms with E-state index in [2.05, 4.69) is 38.0 Å². The summed E-state index contributed by atoms with van der Waals surface area (Å²) in [5, 5.41) is 5.87. The Balaban J connectivity index is 1.37. The summed E-state index contributed by atoms with van der Waals surface area (Å²) in [5.41, 5.74) is 4.35. The molecular weight excluding hydrogens is 456 g/mol. The molecule has 0 spiro atoms. The summed E-state index contributed by atoms with van der Waals surface area (Å²) in [4.78, 5) is 33.1. The van der Waals surface area contributed by atoms with Gasteiger partial charge in [0.05, 0.1) is 5.00 Å². The highest BCUT2D eigenvalue weighted by Gasteiger charge is 2.28. The van der Waals surface area contributed by atoms with Crippen molar-refractivity contribution in [3.8, 4) is 11.1 Å². The molecule has 0 atom stereocenters. The highest BCUT2D eigenvalue weighted by atomic mass is 32.1. The van der Waals surface area contributed by atoms with Crippen LogP contribution in [0.5, 0.6) is 0 Å². The summed E-state index contributed by atoms with van der Waals surface area (Å²) in [6, 6.07) is 14.3. The number of fused-ring (bicyclic) bond motifs is 2. The van der Waals surface area contributed by atoms with Crippen molar-refractivity contribution in [1.82, 2.24) is 14.5 Å². The Morgan fingerprint density at radius 2 is 2.06 bits per heavy atom. The van der Waals surface area contributed by atoms with E-state index in [1.807, 2.05) is 30.5 Å². The van der Waals surface area contributed by atoms with Gasteiger partial charge in [0.25, 0.3) is 5.56 Å². The normalized spacial score (nSPS) is 15.8. The van der Waals surface area contributed by atoms with Crippen molar-refractivity contribution in [3.63, 3.8) is 0 Å². The Morgan fingerprint density at radius 3 is 2.89 bits per heavy atom. The van der Waals surface area contributed by atoms with Gasteiger partial charge in [-0.3, -0.25) is 19.5 Å². The third kappa shape index (κ3) is 4.54. The van der Waals surface area contributed by atoms with E-state index < -0.39 is 0 Å². The fourth-order valence-electron chi connectivity index (χ4n) is 5.14. The molecule has 6 rings (SSSR count). The Kier molecular flexibility index (Phi) is 5.74. The second-order valence-corrected chi connectivity index (χ2v) is 10.9. The zero-order valence-electron chi connectivity index (χ0n) is 19.8. The molecule has 0 radical (unpaired) electrons. The van der Waals surface area contributed by atoms with Crippen LogP contribution in [0.4, 0.5) is 5.00 Å². The first-order chi connectivity index (χ1) is 17.0. The van der Waals surface area contributed by atoms with Gasteiger partial charge in [-0.2, -0.15) is 0 Å². The van der Waals surface area contributed by atoms with Gasteiger partial charge in [0.1, 0.15) is 0 Å². The Morgan fingerprint density at radius 1 is 1.17 bits per heavy atom. The maximum absolute atomic E-state index is 13.8. The average Bonchev–Trinajstić information content (AvgIpc) is 3.58. The van der Waals surface area contributed by atoms with Gasteiger partial charge in [-0.1, -0.05) is 18.2 Å². The third-order valence-corrected chi connectivity index (χ3v) is 7.98. The quantitative estimate of drug-likeness (QED) is 0.416. The van der Waals surface area contributed by atoms with Crippen LogP contribution >= 0.6 is 11.3 Å². The fourth-order valence-corrected chi connectivity index (χ4v) is 6.13. The molecule has 1 N–H and O–H groups in total. The van der Waals surface area contributed by atoms with Crippen LogP contribution < -0.4 is 10.9 Å². The lowest BCUT2D eigenvalue weighted by Gasteiger charge is -2.31. The molecule has 1 aliphatic carbocycles. The smallest absolute Gasteiger partial charge is 0.258 e. The number of carbonyl (C=O) groups is 1. The summed E-state index contributed by atoms with van der Waals surface area (Å²) in [5.74, 6) is 0.579. The standard InChI is InChI=1S/C28H28N4O2S/c1-18(33)30-27-8-7-22(35-27)17-31-12-10-26-21(16-31)13-25(28(34)32(26)15-19-5-6-19)24-4-2-3-20-14-29-11-9-23(20)24/h2-4,7-9,11,13-14,19H,5-6,10,12,15-17H2,1H3,(H,30,33). The van der Waals surface area contributed by atoms with Crippen molar-refractivity contribution in [3.05, 3.63) is 81.3 Å². The van der Waals surface area contributed by atoms with Crippen LogP contribution in [0.1, 0.15) is 35.9 Å². The van der Waals surface area contributed by atoms with Gasteiger partial charge in [0.2, 0.25) is 5.91 Å². The molecule has 6 nitrogen and oxygen atoms in total. The second kappa shape index (κ2) is 9.06. The number of rotatable bonds is 6. The fraction of sp³-hybridized carbons (Fsp3) is 0.321. The molecule has 1 fully saturated rings. The van der Waals surface area contributed by atoms with E-state index in [1.165, 1.54) is 35.9 Å². The highest BCUT2D eigenvalue weighted by molar-refractivity contribution is 7.16. The van der Waals surface area contributed by atoms with E-state index in [0.717, 1.165) is 59.5 Å². The van der Waals surface area contributed by atoms with Gasteiger partial charge >= 0.3 is 0 Å². The Hall–Kier alpha value is -3.29. The predicted molar refractivity (Wildman–Crippen MR) is 141 cm³/mol. The molecule has 178 valence electrons. The van der Waals surface area contributed by atoms with Crippen molar-refractivity contribution in [1.29, 1.82) is 0 Å². The highest BCUT2D eigenvalue weighted by Crippen LogP contribution is 2.34. The van der Waals surface area contributed by atoms with E-state index in [4.69, 9.17) is 0 Å². The number of pyridine rings is 2. The van der Waals surface area contributed by atoms with Crippen LogP contribution in [0.2, 0.25) is 0 Å². The number of benzene rings is 1. The molecule has 7 heteroatoms. The molecule has 0 unspecified atom stereocenters. The molecule has 0 bridgehead atoms. The molecule has 1 saturated carbocycles. The second-order valence-electron chi connectivity index (χ2n) is 9.70. The number of anilines is 1. The van der Waals surface area contributed by atoms with E-state index in [9.17, 15) is 9.59 Å². The number of aromatic nitrogens is 2.